The Balaban J connectivity index is 2.10. The van der Waals surface area contributed by atoms with Crippen LogP contribution in [0.15, 0.2) is 24.3 Å². The van der Waals surface area contributed by atoms with Crippen LogP contribution in [0, 0.1) is 0 Å². The summed E-state index contributed by atoms with van der Waals surface area (Å²) >= 11 is 0. The normalized spacial score (nSPS) is 13.2. The standard InChI is InChI=1S/C16H20N4O3S/c1-2-3-10-24(22,23)19-20-15-12-7-5-4-6-11(12)8-9-13(15)14(18-20)16(17)21/h4-7,19H,2-3,8-10H2,1H3,(H2,17,21). The van der Waals surface area contributed by atoms with Gasteiger partial charge in [-0.25, -0.2) is 13.2 Å². The second kappa shape index (κ2) is 6.27. The summed E-state index contributed by atoms with van der Waals surface area (Å²) in [5.41, 5.74) is 8.81. The summed E-state index contributed by atoms with van der Waals surface area (Å²) in [4.78, 5) is 15.4. The topological polar surface area (TPSA) is 107 Å². The molecule has 0 aliphatic heterocycles. The number of carbonyl (C=O) groups excluding carboxylic acids is 1. The number of nitrogens with zero attached hydrogens (tertiary/aromatic N) is 2. The van der Waals surface area contributed by atoms with E-state index in [0.717, 1.165) is 24.0 Å². The van der Waals surface area contributed by atoms with E-state index in [1.807, 2.05) is 31.2 Å². The Morgan fingerprint density at radius 2 is 2.08 bits per heavy atom. The van der Waals surface area contributed by atoms with Crippen molar-refractivity contribution in [1.82, 2.24) is 9.89 Å². The molecule has 1 heterocycles. The molecule has 0 saturated carbocycles. The predicted molar refractivity (Wildman–Crippen MR) is 91.6 cm³/mol. The lowest BCUT2D eigenvalue weighted by Gasteiger charge is -2.18. The molecule has 7 nitrogen and oxygen atoms in total. The van der Waals surface area contributed by atoms with Gasteiger partial charge in [0, 0.05) is 11.1 Å². The smallest absolute Gasteiger partial charge is 0.269 e. The largest absolute Gasteiger partial charge is 0.364 e. The van der Waals surface area contributed by atoms with Crippen LogP contribution in [0.25, 0.3) is 11.3 Å². The van der Waals surface area contributed by atoms with Crippen LogP contribution in [0.4, 0.5) is 0 Å². The average Bonchev–Trinajstić information content (AvgIpc) is 2.91. The van der Waals surface area contributed by atoms with Crippen molar-refractivity contribution in [3.63, 3.8) is 0 Å². The number of hydrogen-bond acceptors (Lipinski definition) is 4. The Morgan fingerprint density at radius 3 is 2.79 bits per heavy atom. The number of benzene rings is 1. The molecule has 0 saturated heterocycles. The lowest BCUT2D eigenvalue weighted by atomic mass is 9.89. The van der Waals surface area contributed by atoms with E-state index in [1.54, 1.807) is 0 Å². The van der Waals surface area contributed by atoms with Crippen LogP contribution in [0.2, 0.25) is 0 Å². The molecule has 3 N–H and O–H groups in total. The fraction of sp³-hybridized carbons (Fsp3) is 0.375. The highest BCUT2D eigenvalue weighted by Gasteiger charge is 2.28. The molecule has 2 aromatic rings. The van der Waals surface area contributed by atoms with Crippen molar-refractivity contribution in [2.24, 2.45) is 5.73 Å². The molecule has 0 atom stereocenters. The van der Waals surface area contributed by atoms with E-state index in [0.29, 0.717) is 24.1 Å². The summed E-state index contributed by atoms with van der Waals surface area (Å²) in [5.74, 6) is -0.650. The van der Waals surface area contributed by atoms with Crippen LogP contribution in [-0.4, -0.2) is 30.0 Å². The summed E-state index contributed by atoms with van der Waals surface area (Å²) in [6.45, 7) is 1.92. The highest BCUT2D eigenvalue weighted by atomic mass is 32.2. The van der Waals surface area contributed by atoms with Crippen molar-refractivity contribution < 1.29 is 13.2 Å². The average molecular weight is 348 g/mol. The van der Waals surface area contributed by atoms with Crippen molar-refractivity contribution in [3.8, 4) is 11.3 Å². The third-order valence-electron chi connectivity index (χ3n) is 4.13. The zero-order valence-electron chi connectivity index (χ0n) is 13.4. The Labute approximate surface area is 140 Å². The van der Waals surface area contributed by atoms with Gasteiger partial charge in [-0.1, -0.05) is 37.6 Å². The van der Waals surface area contributed by atoms with Crippen LogP contribution in [-0.2, 0) is 22.9 Å². The minimum atomic E-state index is -3.55. The Kier molecular flexibility index (Phi) is 4.31. The third-order valence-corrected chi connectivity index (χ3v) is 5.40. The molecule has 0 bridgehead atoms. The first-order valence-corrected chi connectivity index (χ1v) is 9.58. The number of aryl methyl sites for hydroxylation is 1. The molecule has 0 spiro atoms. The number of aromatic nitrogens is 2. The van der Waals surface area contributed by atoms with Gasteiger partial charge in [0.25, 0.3) is 5.91 Å². The van der Waals surface area contributed by atoms with Crippen LogP contribution in [0.3, 0.4) is 0 Å². The third kappa shape index (κ3) is 3.01. The summed E-state index contributed by atoms with van der Waals surface area (Å²) in [6.07, 6.45) is 2.69. The fourth-order valence-corrected chi connectivity index (χ4v) is 4.12. The van der Waals surface area contributed by atoms with Gasteiger partial charge in [0.1, 0.15) is 0 Å². The summed E-state index contributed by atoms with van der Waals surface area (Å²) in [6, 6.07) is 7.70. The molecule has 24 heavy (non-hydrogen) atoms. The quantitative estimate of drug-likeness (QED) is 0.823. The number of hydrogen-bond donors (Lipinski definition) is 2. The van der Waals surface area contributed by atoms with Gasteiger partial charge < -0.3 is 5.73 Å². The van der Waals surface area contributed by atoms with Crippen LogP contribution < -0.4 is 10.6 Å². The van der Waals surface area contributed by atoms with Crippen LogP contribution in [0.1, 0.15) is 41.4 Å². The van der Waals surface area contributed by atoms with Crippen molar-refractivity contribution in [2.45, 2.75) is 32.6 Å². The zero-order chi connectivity index (χ0) is 17.3. The van der Waals surface area contributed by atoms with E-state index in [1.165, 1.54) is 4.79 Å². The number of nitrogens with two attached hydrogens (primary N) is 1. The number of fused-ring (bicyclic) bond motifs is 3. The van der Waals surface area contributed by atoms with Crippen molar-refractivity contribution in [2.75, 3.05) is 10.6 Å². The number of amides is 1. The van der Waals surface area contributed by atoms with E-state index in [4.69, 9.17) is 5.73 Å². The van der Waals surface area contributed by atoms with E-state index in [2.05, 4.69) is 9.93 Å². The highest BCUT2D eigenvalue weighted by Crippen LogP contribution is 2.34. The van der Waals surface area contributed by atoms with Gasteiger partial charge in [-0.15, -0.1) is 5.10 Å². The van der Waals surface area contributed by atoms with Crippen molar-refractivity contribution >= 4 is 15.9 Å². The molecule has 0 unspecified atom stereocenters. The molecule has 1 amide bonds. The zero-order valence-corrected chi connectivity index (χ0v) is 14.3. The summed E-state index contributed by atoms with van der Waals surface area (Å²) < 4.78 is 24.5. The maximum absolute atomic E-state index is 12.2. The molecule has 1 aliphatic rings. The molecular weight excluding hydrogens is 328 g/mol. The minimum absolute atomic E-state index is 0.00564. The predicted octanol–water partition coefficient (Wildman–Crippen LogP) is 1.42. The number of primary amides is 1. The van der Waals surface area contributed by atoms with E-state index in [-0.39, 0.29) is 11.4 Å². The molecule has 1 aliphatic carbocycles. The number of unbranched alkanes of at least 4 members (excludes halogenated alkanes) is 1. The number of rotatable bonds is 6. The highest BCUT2D eigenvalue weighted by molar-refractivity contribution is 7.92. The number of carbonyl (C=O) groups is 1. The van der Waals surface area contributed by atoms with Gasteiger partial charge in [0.2, 0.25) is 10.0 Å². The van der Waals surface area contributed by atoms with Gasteiger partial charge in [0.05, 0.1) is 11.4 Å². The second-order valence-electron chi connectivity index (χ2n) is 5.87. The first-order valence-electron chi connectivity index (χ1n) is 7.93. The Bertz CT molecular complexity index is 887. The molecule has 1 aromatic carbocycles. The Hall–Kier alpha value is -2.35. The second-order valence-corrected chi connectivity index (χ2v) is 7.69. The van der Waals surface area contributed by atoms with Crippen molar-refractivity contribution in [1.29, 1.82) is 0 Å². The van der Waals surface area contributed by atoms with Gasteiger partial charge in [0.15, 0.2) is 5.69 Å². The number of sulfonamides is 1. The lowest BCUT2D eigenvalue weighted by molar-refractivity contribution is 0.0994. The van der Waals surface area contributed by atoms with Gasteiger partial charge in [-0.05, 0) is 24.8 Å². The molecule has 8 heteroatoms. The van der Waals surface area contributed by atoms with Crippen LogP contribution in [0.5, 0.6) is 0 Å². The van der Waals surface area contributed by atoms with E-state index >= 15 is 0 Å². The maximum Gasteiger partial charge on any atom is 0.269 e. The molecule has 0 radical (unpaired) electrons. The Morgan fingerprint density at radius 1 is 1.33 bits per heavy atom. The molecule has 3 rings (SSSR count). The number of nitrogens with one attached hydrogen (secondary N) is 1. The minimum Gasteiger partial charge on any atom is -0.364 e. The fourth-order valence-electron chi connectivity index (χ4n) is 2.97. The maximum atomic E-state index is 12.2. The van der Waals surface area contributed by atoms with E-state index < -0.39 is 15.9 Å². The van der Waals surface area contributed by atoms with Crippen LogP contribution >= 0.6 is 0 Å². The monoisotopic (exact) mass is 348 g/mol. The molecule has 128 valence electrons. The molecular formula is C16H20N4O3S. The lowest BCUT2D eigenvalue weighted by Crippen LogP contribution is -2.28. The van der Waals surface area contributed by atoms with Gasteiger partial charge >= 0.3 is 0 Å². The molecule has 1 aromatic heterocycles. The van der Waals surface area contributed by atoms with E-state index in [9.17, 15) is 13.2 Å². The van der Waals surface area contributed by atoms with Gasteiger partial charge in [-0.2, -0.15) is 4.79 Å². The SMILES string of the molecule is CCCCS(=O)(=O)Nn1nc(C(N)=O)c2c1-c1ccccc1CC2. The summed E-state index contributed by atoms with van der Waals surface area (Å²) in [7, 11) is -3.55. The van der Waals surface area contributed by atoms with Crippen molar-refractivity contribution in [3.05, 3.63) is 41.1 Å². The molecule has 0 fully saturated rings. The van der Waals surface area contributed by atoms with Gasteiger partial charge in [-0.3, -0.25) is 4.79 Å². The summed E-state index contributed by atoms with van der Waals surface area (Å²) in [5, 5.41) is 4.14. The first kappa shape index (κ1) is 16.5. The first-order chi connectivity index (χ1) is 11.4.